The minimum absolute atomic E-state index is 0.0918. The van der Waals surface area contributed by atoms with E-state index in [-0.39, 0.29) is 5.95 Å². The molecule has 0 radical (unpaired) electrons. The molecule has 3 N–H and O–H groups in total. The van der Waals surface area contributed by atoms with E-state index < -0.39 is 17.6 Å². The van der Waals surface area contributed by atoms with Gasteiger partial charge in [-0.05, 0) is 47.0 Å². The summed E-state index contributed by atoms with van der Waals surface area (Å²) in [6.45, 7) is 0. The van der Waals surface area contributed by atoms with Gasteiger partial charge < -0.3 is 16.0 Å². The fourth-order valence-corrected chi connectivity index (χ4v) is 3.71. The van der Waals surface area contributed by atoms with Gasteiger partial charge in [0, 0.05) is 37.4 Å². The Kier molecular flexibility index (Phi) is 7.24. The molecule has 1 aromatic heterocycles. The van der Waals surface area contributed by atoms with E-state index >= 15 is 0 Å². The molecular formula is C28H24F3N5O. The molecule has 0 saturated carbocycles. The van der Waals surface area contributed by atoms with Crippen LogP contribution in [0.25, 0.3) is 16.5 Å². The number of nitrogen functional groups attached to an aromatic ring is 1. The molecule has 0 aliphatic heterocycles. The van der Waals surface area contributed by atoms with E-state index in [1.54, 1.807) is 36.5 Å². The Balaban J connectivity index is 1.63. The molecule has 1 heterocycles. The van der Waals surface area contributed by atoms with Gasteiger partial charge in [-0.15, -0.1) is 0 Å². The van der Waals surface area contributed by atoms with Crippen LogP contribution < -0.4 is 16.0 Å². The van der Waals surface area contributed by atoms with E-state index in [4.69, 9.17) is 5.73 Å². The van der Waals surface area contributed by atoms with Crippen molar-refractivity contribution < 1.29 is 18.0 Å². The van der Waals surface area contributed by atoms with Crippen molar-refractivity contribution in [2.24, 2.45) is 0 Å². The highest BCUT2D eigenvalue weighted by Gasteiger charge is 2.30. The number of rotatable bonds is 6. The summed E-state index contributed by atoms with van der Waals surface area (Å²) in [7, 11) is 3.83. The number of para-hydroxylation sites is 1. The number of alkyl halides is 3. The van der Waals surface area contributed by atoms with Crippen molar-refractivity contribution in [2.75, 3.05) is 30.0 Å². The molecule has 0 aliphatic rings. The number of halogens is 3. The van der Waals surface area contributed by atoms with Crippen LogP contribution in [0.1, 0.15) is 16.7 Å². The molecular weight excluding hydrogens is 479 g/mol. The van der Waals surface area contributed by atoms with E-state index in [9.17, 15) is 18.0 Å². The summed E-state index contributed by atoms with van der Waals surface area (Å²) in [5.41, 5.74) is 8.95. The van der Waals surface area contributed by atoms with Gasteiger partial charge in [-0.1, -0.05) is 48.6 Å². The van der Waals surface area contributed by atoms with Crippen LogP contribution in [0.2, 0.25) is 0 Å². The molecule has 9 heteroatoms. The predicted octanol–water partition coefficient (Wildman–Crippen LogP) is 5.92. The van der Waals surface area contributed by atoms with Crippen molar-refractivity contribution in [3.63, 3.8) is 0 Å². The fourth-order valence-electron chi connectivity index (χ4n) is 3.71. The molecule has 0 aliphatic carbocycles. The minimum Gasteiger partial charge on any atom is -0.378 e. The van der Waals surface area contributed by atoms with Gasteiger partial charge in [0.2, 0.25) is 11.9 Å². The van der Waals surface area contributed by atoms with E-state index in [0.717, 1.165) is 28.8 Å². The summed E-state index contributed by atoms with van der Waals surface area (Å²) in [4.78, 5) is 22.7. The van der Waals surface area contributed by atoms with Crippen molar-refractivity contribution in [3.05, 3.63) is 108 Å². The molecule has 1 amide bonds. The van der Waals surface area contributed by atoms with Crippen LogP contribution in [0.5, 0.6) is 0 Å². The van der Waals surface area contributed by atoms with Gasteiger partial charge in [-0.25, -0.2) is 9.97 Å². The zero-order valence-electron chi connectivity index (χ0n) is 20.1. The van der Waals surface area contributed by atoms with Gasteiger partial charge in [0.1, 0.15) is 0 Å². The summed E-state index contributed by atoms with van der Waals surface area (Å²) in [5, 5.41) is 3.50. The van der Waals surface area contributed by atoms with E-state index in [1.807, 2.05) is 43.3 Å². The van der Waals surface area contributed by atoms with Crippen molar-refractivity contribution in [2.45, 2.75) is 6.18 Å². The lowest BCUT2D eigenvalue weighted by Gasteiger charge is -2.14. The van der Waals surface area contributed by atoms with Crippen LogP contribution in [0.15, 0.2) is 91.2 Å². The zero-order chi connectivity index (χ0) is 26.6. The predicted molar refractivity (Wildman–Crippen MR) is 141 cm³/mol. The number of carbonyl (C=O) groups excluding carboxylic acids is 1. The molecule has 6 nitrogen and oxygen atoms in total. The first kappa shape index (κ1) is 25.4. The van der Waals surface area contributed by atoms with Crippen molar-refractivity contribution in [3.8, 4) is 0 Å². The smallest absolute Gasteiger partial charge is 0.378 e. The highest BCUT2D eigenvalue weighted by molar-refractivity contribution is 6.05. The Bertz CT molecular complexity index is 1470. The van der Waals surface area contributed by atoms with Gasteiger partial charge in [0.05, 0.1) is 16.8 Å². The molecule has 3 aromatic carbocycles. The average molecular weight is 504 g/mol. The maximum atomic E-state index is 13.1. The van der Waals surface area contributed by atoms with Gasteiger partial charge in [-0.2, -0.15) is 13.2 Å². The number of fused-ring (bicyclic) bond motifs is 1. The molecule has 188 valence electrons. The molecule has 0 bridgehead atoms. The SMILES string of the molecule is CN(C)c1ccc(/C(=C/C=C/C(=O)Nc2cccc3cnc(N)nc23)c2ccc(C(F)(F)F)cc2)cc1. The van der Waals surface area contributed by atoms with Gasteiger partial charge in [0.15, 0.2) is 0 Å². The molecule has 0 saturated heterocycles. The number of allylic oxidation sites excluding steroid dienone is 2. The van der Waals surface area contributed by atoms with Crippen molar-refractivity contribution in [1.29, 1.82) is 0 Å². The molecule has 4 rings (SSSR count). The molecule has 0 fully saturated rings. The van der Waals surface area contributed by atoms with E-state index in [1.165, 1.54) is 18.2 Å². The Morgan fingerprint density at radius 2 is 1.62 bits per heavy atom. The number of amides is 1. The summed E-state index contributed by atoms with van der Waals surface area (Å²) in [5.74, 6) is -0.315. The number of nitrogens with two attached hydrogens (primary N) is 1. The third-order valence-corrected chi connectivity index (χ3v) is 5.62. The minimum atomic E-state index is -4.43. The van der Waals surface area contributed by atoms with Gasteiger partial charge in [0.25, 0.3) is 0 Å². The van der Waals surface area contributed by atoms with Gasteiger partial charge in [-0.3, -0.25) is 4.79 Å². The normalized spacial score (nSPS) is 12.2. The number of nitrogens with zero attached hydrogens (tertiary/aromatic N) is 3. The second kappa shape index (κ2) is 10.5. The first-order valence-electron chi connectivity index (χ1n) is 11.3. The number of hydrogen-bond acceptors (Lipinski definition) is 5. The monoisotopic (exact) mass is 503 g/mol. The number of nitrogens with one attached hydrogen (secondary N) is 1. The summed E-state index contributed by atoms with van der Waals surface area (Å²) < 4.78 is 39.2. The Morgan fingerprint density at radius 3 is 2.24 bits per heavy atom. The molecule has 4 aromatic rings. The third-order valence-electron chi connectivity index (χ3n) is 5.62. The average Bonchev–Trinajstić information content (AvgIpc) is 2.87. The lowest BCUT2D eigenvalue weighted by Crippen LogP contribution is -2.09. The molecule has 37 heavy (non-hydrogen) atoms. The largest absolute Gasteiger partial charge is 0.416 e. The number of aromatic nitrogens is 2. The standard InChI is InChI=1S/C28H24F3N5O/c1-36(2)22-15-11-19(12-16-22)23(18-9-13-21(14-10-18)28(29,30)31)6-4-8-25(37)34-24-7-3-5-20-17-33-27(32)35-26(20)24/h3-17H,1-2H3,(H,34,37)(H2,32,33,35)/b8-4+,23-6+. The summed E-state index contributed by atoms with van der Waals surface area (Å²) >= 11 is 0. The Hall–Kier alpha value is -4.66. The first-order chi connectivity index (χ1) is 17.6. The highest BCUT2D eigenvalue weighted by Crippen LogP contribution is 2.32. The second-order valence-electron chi connectivity index (χ2n) is 8.42. The van der Waals surface area contributed by atoms with Crippen LogP contribution in [0.3, 0.4) is 0 Å². The lowest BCUT2D eigenvalue weighted by atomic mass is 9.96. The van der Waals surface area contributed by atoms with Crippen LogP contribution >= 0.6 is 0 Å². The Labute approximate surface area is 212 Å². The molecule has 0 unspecified atom stereocenters. The lowest BCUT2D eigenvalue weighted by molar-refractivity contribution is -0.137. The summed E-state index contributed by atoms with van der Waals surface area (Å²) in [6.07, 6.45) is 1.73. The third kappa shape index (κ3) is 6.13. The number of anilines is 3. The highest BCUT2D eigenvalue weighted by atomic mass is 19.4. The van der Waals surface area contributed by atoms with Crippen molar-refractivity contribution in [1.82, 2.24) is 9.97 Å². The maximum Gasteiger partial charge on any atom is 0.416 e. The van der Waals surface area contributed by atoms with Gasteiger partial charge >= 0.3 is 6.18 Å². The van der Waals surface area contributed by atoms with Crippen LogP contribution in [0, 0.1) is 0 Å². The molecule has 0 atom stereocenters. The van der Waals surface area contributed by atoms with E-state index in [2.05, 4.69) is 15.3 Å². The quantitative estimate of drug-likeness (QED) is 0.252. The van der Waals surface area contributed by atoms with Crippen LogP contribution in [-0.4, -0.2) is 30.0 Å². The second-order valence-corrected chi connectivity index (χ2v) is 8.42. The topological polar surface area (TPSA) is 84.1 Å². The summed E-state index contributed by atoms with van der Waals surface area (Å²) in [6, 6.07) is 17.8. The number of benzene rings is 3. The van der Waals surface area contributed by atoms with Crippen LogP contribution in [-0.2, 0) is 11.0 Å². The van der Waals surface area contributed by atoms with E-state index in [0.29, 0.717) is 22.3 Å². The maximum absolute atomic E-state index is 13.1. The zero-order valence-corrected chi connectivity index (χ0v) is 20.1. The fraction of sp³-hybridized carbons (Fsp3) is 0.107. The number of carbonyl (C=O) groups is 1. The molecule has 0 spiro atoms. The Morgan fingerprint density at radius 1 is 0.973 bits per heavy atom. The van der Waals surface area contributed by atoms with Crippen LogP contribution in [0.4, 0.5) is 30.5 Å². The number of hydrogen-bond donors (Lipinski definition) is 2. The first-order valence-corrected chi connectivity index (χ1v) is 11.3. The van der Waals surface area contributed by atoms with Crippen molar-refractivity contribution >= 4 is 39.7 Å².